The molecule has 2 nitrogen and oxygen atoms in total. The van der Waals surface area contributed by atoms with Gasteiger partial charge in [-0.05, 0) is 32.0 Å². The first-order valence-electron chi connectivity index (χ1n) is 5.49. The van der Waals surface area contributed by atoms with Gasteiger partial charge in [0, 0.05) is 34.2 Å². The summed E-state index contributed by atoms with van der Waals surface area (Å²) in [6, 6.07) is 5.62. The number of rotatable bonds is 3. The highest BCUT2D eigenvalue weighted by Gasteiger charge is 2.27. The van der Waals surface area contributed by atoms with Crippen LogP contribution in [0.4, 0.5) is 0 Å². The minimum atomic E-state index is 0.155. The van der Waals surface area contributed by atoms with Gasteiger partial charge in [0.05, 0.1) is 0 Å². The Morgan fingerprint density at radius 1 is 1.38 bits per heavy atom. The Hall–Kier alpha value is -0.280. The summed E-state index contributed by atoms with van der Waals surface area (Å²) in [5.41, 5.74) is 1.14. The van der Waals surface area contributed by atoms with Crippen molar-refractivity contribution in [3.05, 3.63) is 33.8 Å². The van der Waals surface area contributed by atoms with Gasteiger partial charge in [-0.15, -0.1) is 0 Å². The van der Waals surface area contributed by atoms with Crippen LogP contribution in [0.25, 0.3) is 0 Å². The van der Waals surface area contributed by atoms with Gasteiger partial charge in [0.25, 0.3) is 0 Å². The highest BCUT2D eigenvalue weighted by atomic mass is 35.5. The molecule has 1 fully saturated rings. The lowest BCUT2D eigenvalue weighted by Gasteiger charge is -2.25. The third-order valence-electron chi connectivity index (χ3n) is 3.12. The SMILES string of the molecule is CC1(NCc2c(Cl)cccc2Cl)CCNC1. The average Bonchev–Trinajstić information content (AvgIpc) is 2.65. The van der Waals surface area contributed by atoms with Gasteiger partial charge in [-0.25, -0.2) is 0 Å². The van der Waals surface area contributed by atoms with E-state index in [4.69, 9.17) is 23.2 Å². The zero-order chi connectivity index (χ0) is 11.6. The van der Waals surface area contributed by atoms with Crippen molar-refractivity contribution in [3.8, 4) is 0 Å². The molecule has 0 bridgehead atoms. The fourth-order valence-electron chi connectivity index (χ4n) is 1.97. The Bertz CT molecular complexity index is 353. The summed E-state index contributed by atoms with van der Waals surface area (Å²) < 4.78 is 0. The van der Waals surface area contributed by atoms with Gasteiger partial charge < -0.3 is 10.6 Å². The molecular formula is C12H16Cl2N2. The van der Waals surface area contributed by atoms with Crippen molar-refractivity contribution in [2.75, 3.05) is 13.1 Å². The molecule has 1 heterocycles. The Morgan fingerprint density at radius 2 is 2.06 bits per heavy atom. The largest absolute Gasteiger partial charge is 0.315 e. The van der Waals surface area contributed by atoms with E-state index in [2.05, 4.69) is 17.6 Å². The maximum absolute atomic E-state index is 6.12. The standard InChI is InChI=1S/C12H16Cl2N2/c1-12(5-6-15-8-12)16-7-9-10(13)3-2-4-11(9)14/h2-4,15-16H,5-8H2,1H3. The second kappa shape index (κ2) is 4.92. The first-order chi connectivity index (χ1) is 7.61. The van der Waals surface area contributed by atoms with E-state index in [0.29, 0.717) is 0 Å². The molecule has 0 spiro atoms. The van der Waals surface area contributed by atoms with Gasteiger partial charge in [0.1, 0.15) is 0 Å². The second-order valence-corrected chi connectivity index (χ2v) is 5.36. The number of hydrogen-bond donors (Lipinski definition) is 2. The first kappa shape index (κ1) is 12.2. The summed E-state index contributed by atoms with van der Waals surface area (Å²) in [7, 11) is 0. The highest BCUT2D eigenvalue weighted by molar-refractivity contribution is 6.35. The third-order valence-corrected chi connectivity index (χ3v) is 3.83. The molecule has 1 aliphatic rings. The van der Waals surface area contributed by atoms with Crippen LogP contribution in [-0.2, 0) is 6.54 Å². The van der Waals surface area contributed by atoms with Gasteiger partial charge in [0.15, 0.2) is 0 Å². The molecule has 1 saturated heterocycles. The molecule has 1 atom stereocenters. The van der Waals surface area contributed by atoms with Crippen LogP contribution < -0.4 is 10.6 Å². The topological polar surface area (TPSA) is 24.1 Å². The predicted molar refractivity (Wildman–Crippen MR) is 69.2 cm³/mol. The third kappa shape index (κ3) is 2.69. The molecule has 1 aromatic rings. The minimum Gasteiger partial charge on any atom is -0.315 e. The molecule has 1 aliphatic heterocycles. The fraction of sp³-hybridized carbons (Fsp3) is 0.500. The lowest BCUT2D eigenvalue weighted by molar-refractivity contribution is 0.386. The van der Waals surface area contributed by atoms with Crippen LogP contribution in [-0.4, -0.2) is 18.6 Å². The lowest BCUT2D eigenvalue weighted by atomic mass is 10.0. The van der Waals surface area contributed by atoms with Crippen molar-refractivity contribution in [3.63, 3.8) is 0 Å². The molecule has 0 radical (unpaired) electrons. The number of nitrogens with one attached hydrogen (secondary N) is 2. The molecule has 4 heteroatoms. The smallest absolute Gasteiger partial charge is 0.0465 e. The van der Waals surface area contributed by atoms with Gasteiger partial charge in [-0.1, -0.05) is 29.3 Å². The van der Waals surface area contributed by atoms with Crippen molar-refractivity contribution >= 4 is 23.2 Å². The second-order valence-electron chi connectivity index (χ2n) is 4.54. The van der Waals surface area contributed by atoms with E-state index in [-0.39, 0.29) is 5.54 Å². The molecule has 0 amide bonds. The average molecular weight is 259 g/mol. The molecule has 16 heavy (non-hydrogen) atoms. The van der Waals surface area contributed by atoms with Crippen LogP contribution in [0.1, 0.15) is 18.9 Å². The number of hydrogen-bond acceptors (Lipinski definition) is 2. The quantitative estimate of drug-likeness (QED) is 0.872. The normalized spacial score (nSPS) is 24.9. The van der Waals surface area contributed by atoms with Crippen molar-refractivity contribution in [2.24, 2.45) is 0 Å². The zero-order valence-electron chi connectivity index (χ0n) is 9.32. The summed E-state index contributed by atoms with van der Waals surface area (Å²) in [5, 5.41) is 8.34. The van der Waals surface area contributed by atoms with E-state index in [1.54, 1.807) is 0 Å². The molecule has 2 rings (SSSR count). The molecule has 88 valence electrons. The van der Waals surface area contributed by atoms with Crippen molar-refractivity contribution in [2.45, 2.75) is 25.4 Å². The monoisotopic (exact) mass is 258 g/mol. The Balaban J connectivity index is 2.04. The lowest BCUT2D eigenvalue weighted by Crippen LogP contribution is -2.43. The van der Waals surface area contributed by atoms with Crippen molar-refractivity contribution in [1.29, 1.82) is 0 Å². The van der Waals surface area contributed by atoms with Gasteiger partial charge >= 0.3 is 0 Å². The predicted octanol–water partition coefficient (Wildman–Crippen LogP) is 2.84. The highest BCUT2D eigenvalue weighted by Crippen LogP contribution is 2.25. The van der Waals surface area contributed by atoms with Crippen LogP contribution in [0.5, 0.6) is 0 Å². The van der Waals surface area contributed by atoms with E-state index >= 15 is 0 Å². The molecule has 2 N–H and O–H groups in total. The van der Waals surface area contributed by atoms with Gasteiger partial charge in [-0.2, -0.15) is 0 Å². The molecule has 1 aromatic carbocycles. The Kier molecular flexibility index (Phi) is 3.75. The maximum atomic E-state index is 6.12. The Labute approximate surface area is 106 Å². The molecule has 0 saturated carbocycles. The summed E-state index contributed by atoms with van der Waals surface area (Å²) >= 11 is 12.2. The molecule has 0 aliphatic carbocycles. The number of halogens is 2. The van der Waals surface area contributed by atoms with Crippen LogP contribution >= 0.6 is 23.2 Å². The fourth-order valence-corrected chi connectivity index (χ4v) is 2.50. The molecule has 0 aromatic heterocycles. The van der Waals surface area contributed by atoms with E-state index in [9.17, 15) is 0 Å². The van der Waals surface area contributed by atoms with Gasteiger partial charge in [0.2, 0.25) is 0 Å². The van der Waals surface area contributed by atoms with Crippen molar-refractivity contribution in [1.82, 2.24) is 10.6 Å². The zero-order valence-corrected chi connectivity index (χ0v) is 10.8. The van der Waals surface area contributed by atoms with Crippen molar-refractivity contribution < 1.29 is 0 Å². The van der Waals surface area contributed by atoms with Crippen LogP contribution in [0.2, 0.25) is 10.0 Å². The van der Waals surface area contributed by atoms with E-state index in [1.165, 1.54) is 0 Å². The summed E-state index contributed by atoms with van der Waals surface area (Å²) in [6.45, 7) is 5.00. The van der Waals surface area contributed by atoms with E-state index in [0.717, 1.165) is 41.7 Å². The van der Waals surface area contributed by atoms with Gasteiger partial charge in [-0.3, -0.25) is 0 Å². The molecular weight excluding hydrogens is 243 g/mol. The van der Waals surface area contributed by atoms with E-state index in [1.807, 2.05) is 18.2 Å². The summed E-state index contributed by atoms with van der Waals surface area (Å²) in [6.07, 6.45) is 1.13. The Morgan fingerprint density at radius 3 is 2.62 bits per heavy atom. The minimum absolute atomic E-state index is 0.155. The van der Waals surface area contributed by atoms with Crippen LogP contribution in [0.15, 0.2) is 18.2 Å². The van der Waals surface area contributed by atoms with Crippen LogP contribution in [0, 0.1) is 0 Å². The maximum Gasteiger partial charge on any atom is 0.0465 e. The summed E-state index contributed by atoms with van der Waals surface area (Å²) in [4.78, 5) is 0. The number of benzene rings is 1. The first-order valence-corrected chi connectivity index (χ1v) is 6.25. The van der Waals surface area contributed by atoms with E-state index < -0.39 is 0 Å². The van der Waals surface area contributed by atoms with Crippen LogP contribution in [0.3, 0.4) is 0 Å². The summed E-state index contributed by atoms with van der Waals surface area (Å²) in [5.74, 6) is 0. The molecule has 1 unspecified atom stereocenters.